The SMILES string of the molecule is Cc1[nH]c(C(=O)NCC(C)(C)N2CCOCC2)c(C)c1C(=O)OC(C)C. The molecule has 0 radical (unpaired) electrons. The van der Waals surface area contributed by atoms with E-state index in [0.29, 0.717) is 42.3 Å². The van der Waals surface area contributed by atoms with Crippen molar-refractivity contribution in [1.82, 2.24) is 15.2 Å². The van der Waals surface area contributed by atoms with Gasteiger partial charge in [0.2, 0.25) is 0 Å². The van der Waals surface area contributed by atoms with Crippen molar-refractivity contribution in [2.45, 2.75) is 53.2 Å². The molecule has 0 saturated carbocycles. The van der Waals surface area contributed by atoms with Crippen LogP contribution in [0.2, 0.25) is 0 Å². The van der Waals surface area contributed by atoms with Gasteiger partial charge in [0.1, 0.15) is 5.69 Å². The van der Waals surface area contributed by atoms with E-state index in [0.717, 1.165) is 13.1 Å². The van der Waals surface area contributed by atoms with E-state index in [-0.39, 0.29) is 17.6 Å². The number of rotatable bonds is 6. The number of ether oxygens (including phenoxy) is 2. The Morgan fingerprint density at radius 3 is 2.46 bits per heavy atom. The Morgan fingerprint density at radius 1 is 1.27 bits per heavy atom. The summed E-state index contributed by atoms with van der Waals surface area (Å²) in [6, 6.07) is 0. The number of aryl methyl sites for hydroxylation is 1. The third-order valence-electron chi connectivity index (χ3n) is 4.76. The number of carbonyl (C=O) groups excluding carboxylic acids is 2. The number of esters is 1. The van der Waals surface area contributed by atoms with Gasteiger partial charge in [-0.15, -0.1) is 0 Å². The van der Waals surface area contributed by atoms with Crippen LogP contribution in [0.25, 0.3) is 0 Å². The Balaban J connectivity index is 2.06. The van der Waals surface area contributed by atoms with Crippen LogP contribution in [-0.4, -0.2) is 66.3 Å². The van der Waals surface area contributed by atoms with Crippen LogP contribution in [0.1, 0.15) is 59.8 Å². The monoisotopic (exact) mass is 365 g/mol. The predicted octanol–water partition coefficient (Wildman–Crippen LogP) is 2.04. The van der Waals surface area contributed by atoms with Crippen LogP contribution in [0.15, 0.2) is 0 Å². The molecule has 0 atom stereocenters. The maximum Gasteiger partial charge on any atom is 0.340 e. The zero-order chi connectivity index (χ0) is 19.5. The van der Waals surface area contributed by atoms with E-state index in [2.05, 4.69) is 29.0 Å². The summed E-state index contributed by atoms with van der Waals surface area (Å²) in [5.74, 6) is -0.616. The number of hydrogen-bond donors (Lipinski definition) is 2. The minimum Gasteiger partial charge on any atom is -0.459 e. The van der Waals surface area contributed by atoms with E-state index >= 15 is 0 Å². The zero-order valence-electron chi connectivity index (χ0n) is 16.7. The summed E-state index contributed by atoms with van der Waals surface area (Å²) < 4.78 is 10.7. The van der Waals surface area contributed by atoms with Crippen molar-refractivity contribution in [3.63, 3.8) is 0 Å². The lowest BCUT2D eigenvalue weighted by molar-refractivity contribution is -0.00924. The summed E-state index contributed by atoms with van der Waals surface area (Å²) >= 11 is 0. The number of H-pyrrole nitrogens is 1. The molecule has 0 aliphatic carbocycles. The lowest BCUT2D eigenvalue weighted by Gasteiger charge is -2.40. The standard InChI is InChI=1S/C19H31N3O4/c1-12(2)26-18(24)15-13(3)16(21-14(15)4)17(23)20-11-19(5,6)22-7-9-25-10-8-22/h12,21H,7-11H2,1-6H3,(H,20,23). The zero-order valence-corrected chi connectivity index (χ0v) is 16.7. The number of carbonyl (C=O) groups is 2. The molecule has 0 spiro atoms. The molecule has 1 fully saturated rings. The molecule has 1 saturated heterocycles. The van der Waals surface area contributed by atoms with Gasteiger partial charge in [-0.05, 0) is 47.1 Å². The van der Waals surface area contributed by atoms with Crippen LogP contribution in [0.5, 0.6) is 0 Å². The van der Waals surface area contributed by atoms with Crippen molar-refractivity contribution < 1.29 is 19.1 Å². The molecule has 2 heterocycles. The van der Waals surface area contributed by atoms with E-state index in [1.54, 1.807) is 27.7 Å². The Hall–Kier alpha value is -1.86. The fraction of sp³-hybridized carbons (Fsp3) is 0.684. The first-order chi connectivity index (χ1) is 12.1. The average Bonchev–Trinajstić information content (AvgIpc) is 2.87. The molecule has 1 aliphatic heterocycles. The molecule has 1 aromatic heterocycles. The van der Waals surface area contributed by atoms with Crippen LogP contribution >= 0.6 is 0 Å². The summed E-state index contributed by atoms with van der Waals surface area (Å²) in [4.78, 5) is 30.3. The van der Waals surface area contributed by atoms with Gasteiger partial charge in [0.15, 0.2) is 0 Å². The van der Waals surface area contributed by atoms with Gasteiger partial charge < -0.3 is 19.8 Å². The molecule has 1 amide bonds. The van der Waals surface area contributed by atoms with Gasteiger partial charge in [-0.25, -0.2) is 4.79 Å². The number of aromatic amines is 1. The van der Waals surface area contributed by atoms with E-state index in [4.69, 9.17) is 9.47 Å². The quantitative estimate of drug-likeness (QED) is 0.754. The number of nitrogens with zero attached hydrogens (tertiary/aromatic N) is 1. The van der Waals surface area contributed by atoms with Crippen molar-refractivity contribution >= 4 is 11.9 Å². The molecule has 0 bridgehead atoms. The highest BCUT2D eigenvalue weighted by atomic mass is 16.5. The number of aromatic nitrogens is 1. The van der Waals surface area contributed by atoms with Crippen LogP contribution in [-0.2, 0) is 9.47 Å². The minimum absolute atomic E-state index is 0.172. The van der Waals surface area contributed by atoms with E-state index in [1.165, 1.54) is 0 Å². The van der Waals surface area contributed by atoms with Gasteiger partial charge in [-0.3, -0.25) is 9.69 Å². The lowest BCUT2D eigenvalue weighted by Crippen LogP contribution is -2.55. The van der Waals surface area contributed by atoms with Crippen molar-refractivity contribution in [3.8, 4) is 0 Å². The molecule has 2 N–H and O–H groups in total. The number of nitrogens with one attached hydrogen (secondary N) is 2. The molecule has 7 nitrogen and oxygen atoms in total. The molecule has 1 aromatic rings. The fourth-order valence-corrected chi connectivity index (χ4v) is 3.22. The predicted molar refractivity (Wildman–Crippen MR) is 99.6 cm³/mol. The van der Waals surface area contributed by atoms with Gasteiger partial charge in [0.25, 0.3) is 5.91 Å². The van der Waals surface area contributed by atoms with Crippen LogP contribution in [0.3, 0.4) is 0 Å². The first-order valence-electron chi connectivity index (χ1n) is 9.14. The molecular formula is C19H31N3O4. The average molecular weight is 365 g/mol. The highest BCUT2D eigenvalue weighted by Gasteiger charge is 2.30. The molecule has 0 unspecified atom stereocenters. The van der Waals surface area contributed by atoms with Crippen molar-refractivity contribution in [2.75, 3.05) is 32.8 Å². The van der Waals surface area contributed by atoms with Crippen molar-refractivity contribution in [2.24, 2.45) is 0 Å². The van der Waals surface area contributed by atoms with E-state index in [9.17, 15) is 9.59 Å². The Morgan fingerprint density at radius 2 is 1.88 bits per heavy atom. The minimum atomic E-state index is -0.404. The van der Waals surface area contributed by atoms with Gasteiger partial charge >= 0.3 is 5.97 Å². The number of amides is 1. The number of hydrogen-bond acceptors (Lipinski definition) is 5. The Bertz CT molecular complexity index is 658. The Kier molecular flexibility index (Phi) is 6.47. The van der Waals surface area contributed by atoms with Gasteiger partial charge in [0, 0.05) is 30.9 Å². The second-order valence-electron chi connectivity index (χ2n) is 7.67. The number of morpholine rings is 1. The van der Waals surface area contributed by atoms with Crippen LogP contribution in [0.4, 0.5) is 0 Å². The maximum absolute atomic E-state index is 12.7. The molecule has 2 rings (SSSR count). The third-order valence-corrected chi connectivity index (χ3v) is 4.76. The third kappa shape index (κ3) is 4.65. The van der Waals surface area contributed by atoms with E-state index < -0.39 is 5.97 Å². The molecule has 0 aromatic carbocycles. The van der Waals surface area contributed by atoms with Crippen LogP contribution in [0, 0.1) is 13.8 Å². The summed E-state index contributed by atoms with van der Waals surface area (Å²) in [6.45, 7) is 15.0. The molecule has 146 valence electrons. The first-order valence-corrected chi connectivity index (χ1v) is 9.14. The summed E-state index contributed by atoms with van der Waals surface area (Å²) in [6.07, 6.45) is -0.206. The fourth-order valence-electron chi connectivity index (χ4n) is 3.22. The highest BCUT2D eigenvalue weighted by Crippen LogP contribution is 2.20. The summed E-state index contributed by atoms with van der Waals surface area (Å²) in [7, 11) is 0. The lowest BCUT2D eigenvalue weighted by atomic mass is 10.0. The molecule has 7 heteroatoms. The Labute approximate surface area is 155 Å². The summed E-state index contributed by atoms with van der Waals surface area (Å²) in [5, 5.41) is 2.99. The van der Waals surface area contributed by atoms with Gasteiger partial charge in [-0.1, -0.05) is 0 Å². The highest BCUT2D eigenvalue weighted by molar-refractivity contribution is 6.00. The maximum atomic E-state index is 12.7. The van der Waals surface area contributed by atoms with Crippen molar-refractivity contribution in [3.05, 3.63) is 22.5 Å². The first kappa shape index (κ1) is 20.5. The van der Waals surface area contributed by atoms with E-state index in [1.807, 2.05) is 0 Å². The van der Waals surface area contributed by atoms with Crippen LogP contribution < -0.4 is 5.32 Å². The normalized spacial score (nSPS) is 16.0. The molecular weight excluding hydrogens is 334 g/mol. The van der Waals surface area contributed by atoms with Crippen molar-refractivity contribution in [1.29, 1.82) is 0 Å². The topological polar surface area (TPSA) is 83.7 Å². The van der Waals surface area contributed by atoms with Gasteiger partial charge in [-0.2, -0.15) is 0 Å². The second kappa shape index (κ2) is 8.22. The van der Waals surface area contributed by atoms with Gasteiger partial charge in [0.05, 0.1) is 24.9 Å². The smallest absolute Gasteiger partial charge is 0.340 e. The summed E-state index contributed by atoms with van der Waals surface area (Å²) in [5.41, 5.74) is 1.95. The molecule has 26 heavy (non-hydrogen) atoms. The largest absolute Gasteiger partial charge is 0.459 e. The molecule has 1 aliphatic rings. The second-order valence-corrected chi connectivity index (χ2v) is 7.67.